The summed E-state index contributed by atoms with van der Waals surface area (Å²) in [6.45, 7) is 11.2. The topological polar surface area (TPSA) is 47.6 Å². The highest BCUT2D eigenvalue weighted by Gasteiger charge is 2.33. The molecular weight excluding hydrogens is 290 g/mol. The minimum atomic E-state index is -0.782. The molecule has 1 atom stereocenters. The van der Waals surface area contributed by atoms with Gasteiger partial charge < -0.3 is 14.8 Å². The van der Waals surface area contributed by atoms with Crippen LogP contribution in [0.2, 0.25) is 0 Å². The number of hydrogen-bond acceptors (Lipinski definition) is 3. The zero-order valence-electron chi connectivity index (χ0n) is 15.2. The van der Waals surface area contributed by atoms with Gasteiger partial charge in [0.15, 0.2) is 0 Å². The molecule has 1 aromatic carbocycles. The average Bonchev–Trinajstić information content (AvgIpc) is 2.52. The highest BCUT2D eigenvalue weighted by atomic mass is 16.5. The molecule has 0 heterocycles. The van der Waals surface area contributed by atoms with E-state index in [9.17, 15) is 4.79 Å². The molecule has 0 aromatic heterocycles. The van der Waals surface area contributed by atoms with Gasteiger partial charge in [-0.3, -0.25) is 4.79 Å². The fraction of sp³-hybridized carbons (Fsp3) is 0.632. The lowest BCUT2D eigenvalue weighted by molar-refractivity contribution is -0.139. The SMILES string of the molecule is CCCCC(C)(OCC)C(=O)Nc1ccc(OCCC)c(C)c1. The van der Waals surface area contributed by atoms with E-state index in [0.29, 0.717) is 13.2 Å². The number of rotatable bonds is 10. The Kier molecular flexibility index (Phi) is 8.10. The van der Waals surface area contributed by atoms with Crippen molar-refractivity contribution in [3.8, 4) is 5.75 Å². The minimum absolute atomic E-state index is 0.0885. The number of ether oxygens (including phenoxy) is 2. The Hall–Kier alpha value is -1.55. The fourth-order valence-electron chi connectivity index (χ4n) is 2.45. The molecule has 0 bridgehead atoms. The molecule has 0 saturated heterocycles. The predicted octanol–water partition coefficient (Wildman–Crippen LogP) is 4.71. The van der Waals surface area contributed by atoms with E-state index in [4.69, 9.17) is 9.47 Å². The van der Waals surface area contributed by atoms with E-state index in [-0.39, 0.29) is 5.91 Å². The Morgan fingerprint density at radius 3 is 2.52 bits per heavy atom. The van der Waals surface area contributed by atoms with E-state index in [1.54, 1.807) is 0 Å². The van der Waals surface area contributed by atoms with E-state index in [2.05, 4.69) is 19.2 Å². The molecule has 23 heavy (non-hydrogen) atoms. The van der Waals surface area contributed by atoms with Crippen molar-refractivity contribution in [2.24, 2.45) is 0 Å². The lowest BCUT2D eigenvalue weighted by Gasteiger charge is -2.28. The Morgan fingerprint density at radius 1 is 1.22 bits per heavy atom. The smallest absolute Gasteiger partial charge is 0.256 e. The van der Waals surface area contributed by atoms with Crippen LogP contribution >= 0.6 is 0 Å². The monoisotopic (exact) mass is 321 g/mol. The summed E-state index contributed by atoms with van der Waals surface area (Å²) in [4.78, 5) is 12.6. The Morgan fingerprint density at radius 2 is 1.96 bits per heavy atom. The molecule has 1 N–H and O–H groups in total. The molecule has 1 amide bonds. The molecule has 130 valence electrons. The molecule has 1 unspecified atom stereocenters. The molecule has 0 aliphatic rings. The summed E-state index contributed by atoms with van der Waals surface area (Å²) in [5.74, 6) is 0.776. The zero-order chi connectivity index (χ0) is 17.3. The normalized spacial score (nSPS) is 13.4. The van der Waals surface area contributed by atoms with Crippen molar-refractivity contribution < 1.29 is 14.3 Å². The van der Waals surface area contributed by atoms with Crippen LogP contribution in [0.1, 0.15) is 58.9 Å². The van der Waals surface area contributed by atoms with Crippen molar-refractivity contribution in [1.82, 2.24) is 0 Å². The molecule has 1 rings (SSSR count). The first-order chi connectivity index (χ1) is 11.0. The van der Waals surface area contributed by atoms with Crippen molar-refractivity contribution in [3.05, 3.63) is 23.8 Å². The summed E-state index contributed by atoms with van der Waals surface area (Å²) < 4.78 is 11.4. The highest BCUT2D eigenvalue weighted by Crippen LogP contribution is 2.25. The highest BCUT2D eigenvalue weighted by molar-refractivity contribution is 5.97. The largest absolute Gasteiger partial charge is 0.493 e. The van der Waals surface area contributed by atoms with E-state index in [1.807, 2.05) is 39.0 Å². The lowest BCUT2D eigenvalue weighted by Crippen LogP contribution is -2.42. The molecule has 0 aliphatic carbocycles. The van der Waals surface area contributed by atoms with Gasteiger partial charge in [0, 0.05) is 12.3 Å². The van der Waals surface area contributed by atoms with Gasteiger partial charge in [0.2, 0.25) is 0 Å². The third-order valence-corrected chi connectivity index (χ3v) is 3.85. The van der Waals surface area contributed by atoms with Gasteiger partial charge in [0.25, 0.3) is 5.91 Å². The standard InChI is InChI=1S/C19H31NO3/c1-6-9-12-19(5,23-8-3)18(21)20-16-10-11-17(15(4)14-16)22-13-7-2/h10-11,14H,6-9,12-13H2,1-5H3,(H,20,21). The molecule has 0 spiro atoms. The van der Waals surface area contributed by atoms with Gasteiger partial charge in [-0.25, -0.2) is 0 Å². The first-order valence-corrected chi connectivity index (χ1v) is 8.65. The van der Waals surface area contributed by atoms with Gasteiger partial charge in [-0.15, -0.1) is 0 Å². The summed E-state index contributed by atoms with van der Waals surface area (Å²) in [6.07, 6.45) is 3.70. The van der Waals surface area contributed by atoms with Crippen LogP contribution in [0.25, 0.3) is 0 Å². The maximum atomic E-state index is 12.6. The first-order valence-electron chi connectivity index (χ1n) is 8.65. The fourth-order valence-corrected chi connectivity index (χ4v) is 2.45. The second kappa shape index (κ2) is 9.56. The van der Waals surface area contributed by atoms with Crippen LogP contribution in [0.5, 0.6) is 5.75 Å². The van der Waals surface area contributed by atoms with Crippen LogP contribution in [0.15, 0.2) is 18.2 Å². The van der Waals surface area contributed by atoms with Gasteiger partial charge in [0.05, 0.1) is 6.61 Å². The summed E-state index contributed by atoms with van der Waals surface area (Å²) in [5.41, 5.74) is 1.01. The quantitative estimate of drug-likeness (QED) is 0.679. The number of anilines is 1. The van der Waals surface area contributed by atoms with Crippen molar-refractivity contribution in [2.75, 3.05) is 18.5 Å². The van der Waals surface area contributed by atoms with Crippen LogP contribution in [0.4, 0.5) is 5.69 Å². The minimum Gasteiger partial charge on any atom is -0.493 e. The Labute approximate surface area is 140 Å². The van der Waals surface area contributed by atoms with E-state index >= 15 is 0 Å². The zero-order valence-corrected chi connectivity index (χ0v) is 15.2. The number of aryl methyl sites for hydroxylation is 1. The second-order valence-corrected chi connectivity index (χ2v) is 6.05. The molecular formula is C19H31NO3. The number of unbranched alkanes of at least 4 members (excludes halogenated alkanes) is 1. The summed E-state index contributed by atoms with van der Waals surface area (Å²) in [7, 11) is 0. The predicted molar refractivity (Wildman–Crippen MR) is 95.2 cm³/mol. The van der Waals surface area contributed by atoms with E-state index in [1.165, 1.54) is 0 Å². The van der Waals surface area contributed by atoms with Crippen LogP contribution in [0.3, 0.4) is 0 Å². The molecule has 0 saturated carbocycles. The van der Waals surface area contributed by atoms with Crippen molar-refractivity contribution >= 4 is 11.6 Å². The maximum absolute atomic E-state index is 12.6. The van der Waals surface area contributed by atoms with Gasteiger partial charge in [-0.2, -0.15) is 0 Å². The molecule has 4 heteroatoms. The molecule has 0 aliphatic heterocycles. The molecule has 0 fully saturated rings. The summed E-state index contributed by atoms with van der Waals surface area (Å²) in [5, 5.41) is 2.98. The first kappa shape index (κ1) is 19.5. The Bertz CT molecular complexity index is 501. The van der Waals surface area contributed by atoms with E-state index < -0.39 is 5.60 Å². The van der Waals surface area contributed by atoms with Gasteiger partial charge >= 0.3 is 0 Å². The van der Waals surface area contributed by atoms with Crippen LogP contribution in [-0.4, -0.2) is 24.7 Å². The summed E-state index contributed by atoms with van der Waals surface area (Å²) >= 11 is 0. The number of carbonyl (C=O) groups is 1. The van der Waals surface area contributed by atoms with Crippen LogP contribution in [0, 0.1) is 6.92 Å². The number of amides is 1. The Balaban J connectivity index is 2.79. The van der Waals surface area contributed by atoms with Gasteiger partial charge in [-0.1, -0.05) is 26.7 Å². The number of benzene rings is 1. The van der Waals surface area contributed by atoms with Crippen LogP contribution in [-0.2, 0) is 9.53 Å². The average molecular weight is 321 g/mol. The number of hydrogen-bond donors (Lipinski definition) is 1. The molecule has 0 radical (unpaired) electrons. The van der Waals surface area contributed by atoms with Gasteiger partial charge in [0.1, 0.15) is 11.4 Å². The third kappa shape index (κ3) is 5.87. The van der Waals surface area contributed by atoms with Gasteiger partial charge in [-0.05, 0) is 57.4 Å². The number of nitrogens with one attached hydrogen (secondary N) is 1. The van der Waals surface area contributed by atoms with Crippen molar-refractivity contribution in [2.45, 2.75) is 65.9 Å². The maximum Gasteiger partial charge on any atom is 0.256 e. The van der Waals surface area contributed by atoms with Crippen molar-refractivity contribution in [1.29, 1.82) is 0 Å². The molecule has 4 nitrogen and oxygen atoms in total. The van der Waals surface area contributed by atoms with E-state index in [0.717, 1.165) is 42.7 Å². The second-order valence-electron chi connectivity index (χ2n) is 6.05. The third-order valence-electron chi connectivity index (χ3n) is 3.85. The number of carbonyl (C=O) groups excluding carboxylic acids is 1. The molecule has 1 aromatic rings. The summed E-state index contributed by atoms with van der Waals surface area (Å²) in [6, 6.07) is 5.72. The van der Waals surface area contributed by atoms with Crippen LogP contribution < -0.4 is 10.1 Å². The lowest BCUT2D eigenvalue weighted by atomic mass is 9.97. The van der Waals surface area contributed by atoms with Crippen molar-refractivity contribution in [3.63, 3.8) is 0 Å².